The highest BCUT2D eigenvalue weighted by atomic mass is 32.1. The van der Waals surface area contributed by atoms with Gasteiger partial charge in [-0.1, -0.05) is 0 Å². The van der Waals surface area contributed by atoms with E-state index in [-0.39, 0.29) is 24.2 Å². The molecule has 7 nitrogen and oxygen atoms in total. The number of alkyl halides is 3. The SMILES string of the molecule is Cc1ccc(-c2nnc([C@H]3CCCN3C(=O)Cn3nc(C(F)(F)F)cc3C)o2)s1. The lowest BCUT2D eigenvalue weighted by Gasteiger charge is -2.22. The van der Waals surface area contributed by atoms with E-state index in [1.165, 1.54) is 18.3 Å². The Kier molecular flexibility index (Phi) is 4.93. The van der Waals surface area contributed by atoms with Crippen molar-refractivity contribution in [2.24, 2.45) is 0 Å². The molecular weight excluding hydrogens is 407 g/mol. The summed E-state index contributed by atoms with van der Waals surface area (Å²) in [5.41, 5.74) is -0.733. The summed E-state index contributed by atoms with van der Waals surface area (Å²) in [5.74, 6) is 0.402. The van der Waals surface area contributed by atoms with Crippen molar-refractivity contribution in [2.45, 2.75) is 45.5 Å². The molecule has 154 valence electrons. The summed E-state index contributed by atoms with van der Waals surface area (Å²) < 4.78 is 45.4. The number of aryl methyl sites for hydroxylation is 2. The zero-order valence-corrected chi connectivity index (χ0v) is 16.5. The highest BCUT2D eigenvalue weighted by Crippen LogP contribution is 2.34. The van der Waals surface area contributed by atoms with E-state index in [0.717, 1.165) is 26.9 Å². The molecule has 29 heavy (non-hydrogen) atoms. The van der Waals surface area contributed by atoms with Crippen LogP contribution in [0.15, 0.2) is 22.6 Å². The van der Waals surface area contributed by atoms with Crippen molar-refractivity contribution >= 4 is 17.2 Å². The van der Waals surface area contributed by atoms with Crippen LogP contribution in [0.4, 0.5) is 13.2 Å². The van der Waals surface area contributed by atoms with E-state index in [2.05, 4.69) is 15.3 Å². The van der Waals surface area contributed by atoms with E-state index < -0.39 is 11.9 Å². The Bertz CT molecular complexity index is 1040. The number of likely N-dealkylation sites (tertiary alicyclic amines) is 1. The summed E-state index contributed by atoms with van der Waals surface area (Å²) in [6, 6.07) is 4.40. The first kappa shape index (κ1) is 19.6. The molecule has 1 amide bonds. The third kappa shape index (κ3) is 3.91. The number of rotatable bonds is 4. The molecule has 0 radical (unpaired) electrons. The molecule has 0 bridgehead atoms. The summed E-state index contributed by atoms with van der Waals surface area (Å²) >= 11 is 1.53. The molecule has 1 atom stereocenters. The number of amides is 1. The van der Waals surface area contributed by atoms with Gasteiger partial charge in [-0.15, -0.1) is 21.5 Å². The first-order valence-electron chi connectivity index (χ1n) is 9.03. The van der Waals surface area contributed by atoms with Crippen molar-refractivity contribution in [3.63, 3.8) is 0 Å². The van der Waals surface area contributed by atoms with Crippen LogP contribution in [0.3, 0.4) is 0 Å². The van der Waals surface area contributed by atoms with Crippen LogP contribution in [0.2, 0.25) is 0 Å². The van der Waals surface area contributed by atoms with Crippen molar-refractivity contribution in [3.05, 3.63) is 40.4 Å². The second-order valence-corrected chi connectivity index (χ2v) is 8.22. The lowest BCUT2D eigenvalue weighted by Crippen LogP contribution is -2.34. The third-order valence-electron chi connectivity index (χ3n) is 4.81. The predicted octanol–water partition coefficient (Wildman–Crippen LogP) is 3.99. The molecule has 0 spiro atoms. The summed E-state index contributed by atoms with van der Waals surface area (Å²) in [6.45, 7) is 3.67. The van der Waals surface area contributed by atoms with E-state index in [4.69, 9.17) is 4.42 Å². The van der Waals surface area contributed by atoms with Crippen molar-refractivity contribution in [1.29, 1.82) is 0 Å². The van der Waals surface area contributed by atoms with Crippen molar-refractivity contribution in [3.8, 4) is 10.8 Å². The highest BCUT2D eigenvalue weighted by Gasteiger charge is 2.36. The number of halogens is 3. The standard InChI is InChI=1S/C18H18F3N5O2S/c1-10-8-14(18(19,20)21)24-26(10)9-15(27)25-7-3-4-12(25)16-22-23-17(28-16)13-6-5-11(2)29-13/h5-6,8,12H,3-4,7,9H2,1-2H3/t12-/m1/s1. The van der Waals surface area contributed by atoms with Gasteiger partial charge in [0.2, 0.25) is 11.8 Å². The smallest absolute Gasteiger partial charge is 0.418 e. The number of carbonyl (C=O) groups is 1. The van der Waals surface area contributed by atoms with Gasteiger partial charge in [-0.05, 0) is 44.9 Å². The topological polar surface area (TPSA) is 77.1 Å². The Labute approximate surface area is 168 Å². The molecule has 0 saturated carbocycles. The zero-order valence-electron chi connectivity index (χ0n) is 15.7. The maximum atomic E-state index is 12.8. The van der Waals surface area contributed by atoms with Gasteiger partial charge in [0.25, 0.3) is 5.89 Å². The fourth-order valence-electron chi connectivity index (χ4n) is 3.37. The maximum absolute atomic E-state index is 12.8. The third-order valence-corrected chi connectivity index (χ3v) is 5.80. The molecule has 1 aliphatic rings. The Morgan fingerprint density at radius 2 is 2.10 bits per heavy atom. The van der Waals surface area contributed by atoms with E-state index >= 15 is 0 Å². The number of carbonyl (C=O) groups excluding carboxylic acids is 1. The summed E-state index contributed by atoms with van der Waals surface area (Å²) in [6.07, 6.45) is -3.14. The monoisotopic (exact) mass is 425 g/mol. The number of thiophene rings is 1. The van der Waals surface area contributed by atoms with Gasteiger partial charge >= 0.3 is 6.18 Å². The molecular formula is C18H18F3N5O2S. The molecule has 1 fully saturated rings. The quantitative estimate of drug-likeness (QED) is 0.632. The molecule has 0 N–H and O–H groups in total. The largest absolute Gasteiger partial charge is 0.435 e. The molecule has 1 saturated heterocycles. The van der Waals surface area contributed by atoms with Gasteiger partial charge in [0, 0.05) is 17.1 Å². The van der Waals surface area contributed by atoms with Crippen LogP contribution in [-0.2, 0) is 17.5 Å². The minimum Gasteiger partial charge on any atom is -0.418 e. The molecule has 11 heteroatoms. The van der Waals surface area contributed by atoms with Crippen LogP contribution in [-0.4, -0.2) is 37.3 Å². The van der Waals surface area contributed by atoms with Crippen LogP contribution in [0.5, 0.6) is 0 Å². The molecule has 3 aromatic rings. The summed E-state index contributed by atoms with van der Waals surface area (Å²) in [4.78, 5) is 16.3. The molecule has 0 unspecified atom stereocenters. The number of aromatic nitrogens is 4. The number of nitrogens with zero attached hydrogens (tertiary/aromatic N) is 5. The van der Waals surface area contributed by atoms with Crippen LogP contribution >= 0.6 is 11.3 Å². The van der Waals surface area contributed by atoms with Crippen LogP contribution in [0.1, 0.15) is 41.0 Å². The van der Waals surface area contributed by atoms with Crippen LogP contribution in [0.25, 0.3) is 10.8 Å². The van der Waals surface area contributed by atoms with Crippen LogP contribution in [0, 0.1) is 13.8 Å². The highest BCUT2D eigenvalue weighted by molar-refractivity contribution is 7.15. The average Bonchev–Trinajstić information content (AvgIpc) is 3.39. The lowest BCUT2D eigenvalue weighted by molar-refractivity contribution is -0.142. The van der Waals surface area contributed by atoms with E-state index in [0.29, 0.717) is 24.7 Å². The fraction of sp³-hybridized carbons (Fsp3) is 0.444. The Hall–Kier alpha value is -2.69. The first-order valence-corrected chi connectivity index (χ1v) is 9.85. The van der Waals surface area contributed by atoms with Gasteiger partial charge in [-0.2, -0.15) is 18.3 Å². The van der Waals surface area contributed by atoms with Crippen molar-refractivity contribution in [2.75, 3.05) is 6.54 Å². The summed E-state index contributed by atoms with van der Waals surface area (Å²) in [5, 5.41) is 11.7. The van der Waals surface area contributed by atoms with E-state index in [1.807, 2.05) is 19.1 Å². The van der Waals surface area contributed by atoms with Gasteiger partial charge in [0.15, 0.2) is 5.69 Å². The van der Waals surface area contributed by atoms with Gasteiger partial charge < -0.3 is 9.32 Å². The number of hydrogen-bond donors (Lipinski definition) is 0. The average molecular weight is 425 g/mol. The predicted molar refractivity (Wildman–Crippen MR) is 98.0 cm³/mol. The first-order chi connectivity index (χ1) is 13.7. The van der Waals surface area contributed by atoms with Gasteiger partial charge in [-0.3, -0.25) is 9.48 Å². The minimum absolute atomic E-state index is 0.273. The zero-order chi connectivity index (χ0) is 20.8. The second-order valence-electron chi connectivity index (χ2n) is 6.93. The lowest BCUT2D eigenvalue weighted by atomic mass is 10.2. The molecule has 4 rings (SSSR count). The Balaban J connectivity index is 1.51. The molecule has 0 aromatic carbocycles. The molecule has 1 aliphatic heterocycles. The van der Waals surface area contributed by atoms with Gasteiger partial charge in [0.05, 0.1) is 4.88 Å². The van der Waals surface area contributed by atoms with E-state index in [9.17, 15) is 18.0 Å². The minimum atomic E-state index is -4.55. The number of hydrogen-bond acceptors (Lipinski definition) is 6. The Morgan fingerprint density at radius 1 is 1.31 bits per heavy atom. The van der Waals surface area contributed by atoms with Crippen molar-refractivity contribution < 1.29 is 22.4 Å². The normalized spacial score (nSPS) is 17.3. The Morgan fingerprint density at radius 3 is 2.76 bits per heavy atom. The second kappa shape index (κ2) is 7.29. The molecule has 0 aliphatic carbocycles. The van der Waals surface area contributed by atoms with Gasteiger partial charge in [-0.25, -0.2) is 0 Å². The summed E-state index contributed by atoms with van der Waals surface area (Å²) in [7, 11) is 0. The van der Waals surface area contributed by atoms with Crippen molar-refractivity contribution in [1.82, 2.24) is 24.9 Å². The fourth-order valence-corrected chi connectivity index (χ4v) is 4.16. The van der Waals surface area contributed by atoms with Gasteiger partial charge in [0.1, 0.15) is 12.6 Å². The molecule has 3 aromatic heterocycles. The van der Waals surface area contributed by atoms with E-state index in [1.54, 1.807) is 4.90 Å². The molecule has 4 heterocycles. The van der Waals surface area contributed by atoms with Crippen LogP contribution < -0.4 is 0 Å². The maximum Gasteiger partial charge on any atom is 0.435 e.